The molecular formula is C11H12BrN3. The zero-order valence-electron chi connectivity index (χ0n) is 8.42. The van der Waals surface area contributed by atoms with Crippen molar-refractivity contribution >= 4 is 21.6 Å². The topological polar surface area (TPSA) is 40.7 Å². The summed E-state index contributed by atoms with van der Waals surface area (Å²) in [6.45, 7) is 2.82. The first-order chi connectivity index (χ1) is 7.25. The van der Waals surface area contributed by atoms with Crippen LogP contribution in [-0.4, -0.2) is 9.97 Å². The number of H-pyrrole nitrogens is 1. The lowest BCUT2D eigenvalue weighted by Gasteiger charge is -2.07. The molecule has 15 heavy (non-hydrogen) atoms. The Labute approximate surface area is 97.1 Å². The zero-order chi connectivity index (χ0) is 10.7. The van der Waals surface area contributed by atoms with Gasteiger partial charge in [0.1, 0.15) is 0 Å². The minimum absolute atomic E-state index is 0.752. The summed E-state index contributed by atoms with van der Waals surface area (Å²) in [5.74, 6) is 0. The highest BCUT2D eigenvalue weighted by Crippen LogP contribution is 2.23. The lowest BCUT2D eigenvalue weighted by Crippen LogP contribution is -2.00. The van der Waals surface area contributed by atoms with Gasteiger partial charge in [-0.3, -0.25) is 0 Å². The van der Waals surface area contributed by atoms with Crippen molar-refractivity contribution < 1.29 is 0 Å². The standard InChI is InChI=1S/C11H12BrN3/c1-8-2-3-11(10(12)4-8)14-6-9-5-13-7-15-9/h2-5,7,14H,6H2,1H3,(H,13,15). The molecule has 0 aliphatic rings. The summed E-state index contributed by atoms with van der Waals surface area (Å²) < 4.78 is 1.09. The quantitative estimate of drug-likeness (QED) is 0.896. The molecule has 0 fully saturated rings. The molecule has 2 rings (SSSR count). The second-order valence-electron chi connectivity index (χ2n) is 3.41. The Morgan fingerprint density at radius 2 is 2.33 bits per heavy atom. The van der Waals surface area contributed by atoms with Crippen LogP contribution in [0.5, 0.6) is 0 Å². The van der Waals surface area contributed by atoms with Gasteiger partial charge in [0.2, 0.25) is 0 Å². The van der Waals surface area contributed by atoms with Crippen LogP contribution >= 0.6 is 15.9 Å². The third-order valence-electron chi connectivity index (χ3n) is 2.15. The maximum Gasteiger partial charge on any atom is 0.0922 e. The van der Waals surface area contributed by atoms with Crippen LogP contribution in [0.2, 0.25) is 0 Å². The van der Waals surface area contributed by atoms with E-state index in [4.69, 9.17) is 0 Å². The largest absolute Gasteiger partial charge is 0.379 e. The Morgan fingerprint density at radius 1 is 1.47 bits per heavy atom. The Kier molecular flexibility index (Phi) is 3.06. The van der Waals surface area contributed by atoms with Crippen LogP contribution in [-0.2, 0) is 6.54 Å². The molecule has 4 heteroatoms. The van der Waals surface area contributed by atoms with E-state index in [0.717, 1.165) is 22.4 Å². The van der Waals surface area contributed by atoms with Gasteiger partial charge in [-0.2, -0.15) is 0 Å². The number of rotatable bonds is 3. The maximum absolute atomic E-state index is 3.96. The van der Waals surface area contributed by atoms with Crippen molar-refractivity contribution in [1.29, 1.82) is 0 Å². The average Bonchev–Trinajstić information content (AvgIpc) is 2.69. The number of anilines is 1. The molecule has 0 atom stereocenters. The van der Waals surface area contributed by atoms with Crippen molar-refractivity contribution in [3.8, 4) is 0 Å². The van der Waals surface area contributed by atoms with E-state index in [1.807, 2.05) is 6.20 Å². The van der Waals surface area contributed by atoms with Crippen LogP contribution in [0.3, 0.4) is 0 Å². The van der Waals surface area contributed by atoms with E-state index in [0.29, 0.717) is 0 Å². The highest BCUT2D eigenvalue weighted by Gasteiger charge is 1.99. The third kappa shape index (κ3) is 2.59. The molecule has 78 valence electrons. The lowest BCUT2D eigenvalue weighted by molar-refractivity contribution is 1.07. The van der Waals surface area contributed by atoms with Gasteiger partial charge in [0.25, 0.3) is 0 Å². The number of aryl methyl sites for hydroxylation is 1. The molecule has 0 bridgehead atoms. The van der Waals surface area contributed by atoms with Gasteiger partial charge in [-0.25, -0.2) is 4.98 Å². The summed E-state index contributed by atoms with van der Waals surface area (Å²) >= 11 is 3.52. The summed E-state index contributed by atoms with van der Waals surface area (Å²) in [5, 5.41) is 3.32. The summed E-state index contributed by atoms with van der Waals surface area (Å²) in [5.41, 5.74) is 3.41. The molecule has 1 aromatic carbocycles. The normalized spacial score (nSPS) is 10.3. The fourth-order valence-corrected chi connectivity index (χ4v) is 1.97. The van der Waals surface area contributed by atoms with Crippen LogP contribution in [0.4, 0.5) is 5.69 Å². The van der Waals surface area contributed by atoms with Crippen LogP contribution in [0.25, 0.3) is 0 Å². The van der Waals surface area contributed by atoms with Gasteiger partial charge in [0, 0.05) is 16.4 Å². The van der Waals surface area contributed by atoms with Gasteiger partial charge in [-0.05, 0) is 40.5 Å². The number of halogens is 1. The Morgan fingerprint density at radius 3 is 3.00 bits per heavy atom. The number of nitrogens with zero attached hydrogens (tertiary/aromatic N) is 1. The molecule has 1 aromatic heterocycles. The second kappa shape index (κ2) is 4.49. The lowest BCUT2D eigenvalue weighted by atomic mass is 10.2. The van der Waals surface area contributed by atoms with Gasteiger partial charge >= 0.3 is 0 Å². The van der Waals surface area contributed by atoms with E-state index in [2.05, 4.69) is 56.3 Å². The summed E-state index contributed by atoms with van der Waals surface area (Å²) in [6, 6.07) is 6.24. The van der Waals surface area contributed by atoms with E-state index >= 15 is 0 Å². The first-order valence-corrected chi connectivity index (χ1v) is 5.52. The number of imidazole rings is 1. The van der Waals surface area contributed by atoms with E-state index in [1.54, 1.807) is 6.33 Å². The highest BCUT2D eigenvalue weighted by molar-refractivity contribution is 9.10. The zero-order valence-corrected chi connectivity index (χ0v) is 10.0. The first-order valence-electron chi connectivity index (χ1n) is 4.73. The average molecular weight is 266 g/mol. The Balaban J connectivity index is 2.05. The smallest absolute Gasteiger partial charge is 0.0922 e. The van der Waals surface area contributed by atoms with Crippen LogP contribution in [0, 0.1) is 6.92 Å². The van der Waals surface area contributed by atoms with E-state index in [-0.39, 0.29) is 0 Å². The van der Waals surface area contributed by atoms with Crippen molar-refractivity contribution in [3.63, 3.8) is 0 Å². The monoisotopic (exact) mass is 265 g/mol. The van der Waals surface area contributed by atoms with Gasteiger partial charge in [0.05, 0.1) is 18.6 Å². The van der Waals surface area contributed by atoms with Gasteiger partial charge in [-0.1, -0.05) is 6.07 Å². The van der Waals surface area contributed by atoms with Crippen LogP contribution in [0.15, 0.2) is 35.2 Å². The highest BCUT2D eigenvalue weighted by atomic mass is 79.9. The van der Waals surface area contributed by atoms with Crippen molar-refractivity contribution in [2.24, 2.45) is 0 Å². The molecule has 2 N–H and O–H groups in total. The number of hydrogen-bond acceptors (Lipinski definition) is 2. The number of benzene rings is 1. The van der Waals surface area contributed by atoms with Gasteiger partial charge in [-0.15, -0.1) is 0 Å². The number of aromatic nitrogens is 2. The molecule has 2 aromatic rings. The fraction of sp³-hybridized carbons (Fsp3) is 0.182. The minimum atomic E-state index is 0.752. The Bertz CT molecular complexity index is 437. The van der Waals surface area contributed by atoms with Crippen molar-refractivity contribution in [2.45, 2.75) is 13.5 Å². The molecule has 0 unspecified atom stereocenters. The van der Waals surface area contributed by atoms with E-state index < -0.39 is 0 Å². The molecular weight excluding hydrogens is 254 g/mol. The molecule has 0 aliphatic heterocycles. The summed E-state index contributed by atoms with van der Waals surface area (Å²) in [6.07, 6.45) is 3.50. The van der Waals surface area contributed by atoms with Crippen LogP contribution in [0.1, 0.15) is 11.3 Å². The maximum atomic E-state index is 3.96. The number of hydrogen-bond donors (Lipinski definition) is 2. The van der Waals surface area contributed by atoms with Crippen LogP contribution < -0.4 is 5.32 Å². The predicted octanol–water partition coefficient (Wildman–Crippen LogP) is 3.09. The Hall–Kier alpha value is -1.29. The molecule has 0 amide bonds. The predicted molar refractivity (Wildman–Crippen MR) is 64.8 cm³/mol. The number of nitrogens with one attached hydrogen (secondary N) is 2. The summed E-state index contributed by atoms with van der Waals surface area (Å²) in [7, 11) is 0. The van der Waals surface area contributed by atoms with E-state index in [1.165, 1.54) is 5.56 Å². The van der Waals surface area contributed by atoms with Gasteiger partial charge in [0.15, 0.2) is 0 Å². The molecule has 3 nitrogen and oxygen atoms in total. The molecule has 1 heterocycles. The van der Waals surface area contributed by atoms with E-state index in [9.17, 15) is 0 Å². The van der Waals surface area contributed by atoms with Crippen molar-refractivity contribution in [3.05, 3.63) is 46.5 Å². The number of aromatic amines is 1. The molecule has 0 spiro atoms. The third-order valence-corrected chi connectivity index (χ3v) is 2.80. The molecule has 0 aliphatic carbocycles. The van der Waals surface area contributed by atoms with Gasteiger partial charge < -0.3 is 10.3 Å². The fourth-order valence-electron chi connectivity index (χ4n) is 1.34. The first kappa shape index (κ1) is 10.2. The molecule has 0 saturated carbocycles. The molecule has 0 radical (unpaired) electrons. The molecule has 0 saturated heterocycles. The second-order valence-corrected chi connectivity index (χ2v) is 4.27. The minimum Gasteiger partial charge on any atom is -0.379 e. The van der Waals surface area contributed by atoms with Crippen molar-refractivity contribution in [1.82, 2.24) is 9.97 Å². The summed E-state index contributed by atoms with van der Waals surface area (Å²) in [4.78, 5) is 7.01. The SMILES string of the molecule is Cc1ccc(NCc2cnc[nH]2)c(Br)c1. The van der Waals surface area contributed by atoms with Crippen molar-refractivity contribution in [2.75, 3.05) is 5.32 Å².